The van der Waals surface area contributed by atoms with Crippen LogP contribution in [0.2, 0.25) is 0 Å². The van der Waals surface area contributed by atoms with Gasteiger partial charge in [0.15, 0.2) is 0 Å². The minimum Gasteiger partial charge on any atom is -0.311 e. The molecule has 32 heavy (non-hydrogen) atoms. The largest absolute Gasteiger partial charge is 0.311 e. The van der Waals surface area contributed by atoms with E-state index < -0.39 is 0 Å². The first kappa shape index (κ1) is 20.8. The smallest absolute Gasteiger partial charge is 0.237 e. The molecule has 1 aliphatic heterocycles. The van der Waals surface area contributed by atoms with Gasteiger partial charge in [0.1, 0.15) is 0 Å². The Labute approximate surface area is 194 Å². The number of rotatable bonds is 5. The third-order valence-electron chi connectivity index (χ3n) is 5.61. The van der Waals surface area contributed by atoms with Crippen molar-refractivity contribution in [3.63, 3.8) is 0 Å². The molecule has 7 nitrogen and oxygen atoms in total. The van der Waals surface area contributed by atoms with Gasteiger partial charge in [-0.25, -0.2) is 4.98 Å². The van der Waals surface area contributed by atoms with Gasteiger partial charge in [0.05, 0.1) is 22.1 Å². The highest BCUT2D eigenvalue weighted by Crippen LogP contribution is 2.33. The van der Waals surface area contributed by atoms with Crippen molar-refractivity contribution in [2.45, 2.75) is 32.3 Å². The number of carbonyl (C=O) groups excluding carboxylic acids is 1. The first-order valence-electron chi connectivity index (χ1n) is 10.3. The molecule has 0 atom stereocenters. The van der Waals surface area contributed by atoms with Crippen molar-refractivity contribution in [3.8, 4) is 16.9 Å². The Morgan fingerprint density at radius 1 is 1.16 bits per heavy atom. The molecule has 3 heterocycles. The molecule has 4 aromatic rings. The molecule has 1 amide bonds. The van der Waals surface area contributed by atoms with Gasteiger partial charge in [0.25, 0.3) is 0 Å². The maximum Gasteiger partial charge on any atom is 0.237 e. The molecular weight excluding hydrogens is 440 g/mol. The molecule has 2 aromatic heterocycles. The highest BCUT2D eigenvalue weighted by Gasteiger charge is 2.26. The third-order valence-corrected chi connectivity index (χ3v) is 7.29. The number of anilines is 1. The van der Waals surface area contributed by atoms with Gasteiger partial charge in [-0.15, -0.1) is 16.4 Å². The summed E-state index contributed by atoms with van der Waals surface area (Å²) in [5.41, 5.74) is 7.41. The number of thioether (sulfide) groups is 1. The molecule has 0 saturated carbocycles. The average molecular weight is 463 g/mol. The lowest BCUT2D eigenvalue weighted by Crippen LogP contribution is -2.30. The molecular formula is C23H22N6OS2. The zero-order valence-corrected chi connectivity index (χ0v) is 19.7. The van der Waals surface area contributed by atoms with E-state index in [0.29, 0.717) is 11.7 Å². The second kappa shape index (κ2) is 8.48. The Balaban J connectivity index is 1.32. The zero-order chi connectivity index (χ0) is 22.2. The van der Waals surface area contributed by atoms with Gasteiger partial charge < -0.3 is 4.90 Å². The van der Waals surface area contributed by atoms with Crippen molar-refractivity contribution < 1.29 is 4.79 Å². The van der Waals surface area contributed by atoms with Gasteiger partial charge >= 0.3 is 0 Å². The Hall–Kier alpha value is -3.04. The molecule has 9 heteroatoms. The summed E-state index contributed by atoms with van der Waals surface area (Å²) in [7, 11) is 0. The lowest BCUT2D eigenvalue weighted by atomic mass is 10.1. The Morgan fingerprint density at radius 3 is 2.72 bits per heavy atom. The van der Waals surface area contributed by atoms with Crippen LogP contribution in [-0.2, 0) is 11.2 Å². The van der Waals surface area contributed by atoms with E-state index in [4.69, 9.17) is 0 Å². The summed E-state index contributed by atoms with van der Waals surface area (Å²) in [5, 5.41) is 15.9. The number of fused-ring (bicyclic) bond motifs is 1. The van der Waals surface area contributed by atoms with Gasteiger partial charge in [-0.1, -0.05) is 36.0 Å². The predicted octanol–water partition coefficient (Wildman–Crippen LogP) is 4.39. The molecule has 162 valence electrons. The molecule has 0 aliphatic carbocycles. The average Bonchev–Trinajstić information content (AvgIpc) is 3.51. The topological polar surface area (TPSA) is 76.8 Å². The molecule has 0 saturated heterocycles. The Kier molecular flexibility index (Phi) is 5.52. The normalized spacial score (nSPS) is 12.9. The van der Waals surface area contributed by atoms with Gasteiger partial charge in [0.2, 0.25) is 11.1 Å². The standard InChI is InChI=1S/C23H22N6OS2/c1-14-5-4-6-15(2)22(14)29-23(25-26-27-29)32-13-21(30)28-10-9-18-11-17(7-8-20(18)28)19-12-31-16(3)24-19/h4-8,11-12H,9-10,13H2,1-3H3. The maximum atomic E-state index is 13.1. The fourth-order valence-corrected chi connectivity index (χ4v) is 5.44. The highest BCUT2D eigenvalue weighted by atomic mass is 32.2. The number of aromatic nitrogens is 5. The molecule has 0 radical (unpaired) electrons. The molecule has 0 N–H and O–H groups in total. The Bertz CT molecular complexity index is 1290. The summed E-state index contributed by atoms with van der Waals surface area (Å²) >= 11 is 3.01. The minimum absolute atomic E-state index is 0.0575. The summed E-state index contributed by atoms with van der Waals surface area (Å²) in [4.78, 5) is 19.5. The lowest BCUT2D eigenvalue weighted by molar-refractivity contribution is -0.116. The van der Waals surface area contributed by atoms with Crippen LogP contribution in [0.5, 0.6) is 0 Å². The maximum absolute atomic E-state index is 13.1. The van der Waals surface area contributed by atoms with Crippen LogP contribution in [0.4, 0.5) is 5.69 Å². The van der Waals surface area contributed by atoms with Crippen LogP contribution in [0.25, 0.3) is 16.9 Å². The number of nitrogens with zero attached hydrogens (tertiary/aromatic N) is 6. The molecule has 2 aromatic carbocycles. The number of thiazole rings is 1. The second-order valence-electron chi connectivity index (χ2n) is 7.79. The first-order valence-corrected chi connectivity index (χ1v) is 12.2. The number of hydrogen-bond donors (Lipinski definition) is 0. The van der Waals surface area contributed by atoms with Gasteiger partial charge in [-0.2, -0.15) is 4.68 Å². The van der Waals surface area contributed by atoms with Crippen LogP contribution in [0, 0.1) is 20.8 Å². The Morgan fingerprint density at radius 2 is 1.97 bits per heavy atom. The van der Waals surface area contributed by atoms with Crippen molar-refractivity contribution in [2.24, 2.45) is 0 Å². The van der Waals surface area contributed by atoms with Crippen molar-refractivity contribution in [1.82, 2.24) is 25.2 Å². The van der Waals surface area contributed by atoms with E-state index in [1.54, 1.807) is 16.0 Å². The van der Waals surface area contributed by atoms with Crippen molar-refractivity contribution in [2.75, 3.05) is 17.2 Å². The molecule has 1 aliphatic rings. The number of tetrazole rings is 1. The van der Waals surface area contributed by atoms with E-state index in [2.05, 4.69) is 32.0 Å². The quantitative estimate of drug-likeness (QED) is 0.409. The van der Waals surface area contributed by atoms with Gasteiger partial charge in [-0.3, -0.25) is 4.79 Å². The predicted molar refractivity (Wildman–Crippen MR) is 128 cm³/mol. The monoisotopic (exact) mass is 462 g/mol. The summed E-state index contributed by atoms with van der Waals surface area (Å²) in [6.45, 7) is 6.77. The fraction of sp³-hybridized carbons (Fsp3) is 0.261. The van der Waals surface area contributed by atoms with E-state index >= 15 is 0 Å². The number of hydrogen-bond acceptors (Lipinski definition) is 7. The number of carbonyl (C=O) groups is 1. The summed E-state index contributed by atoms with van der Waals surface area (Å²) in [5.74, 6) is 0.333. The molecule has 0 bridgehead atoms. The summed E-state index contributed by atoms with van der Waals surface area (Å²) in [6, 6.07) is 12.3. The van der Waals surface area contributed by atoms with Crippen molar-refractivity contribution in [1.29, 1.82) is 0 Å². The zero-order valence-electron chi connectivity index (χ0n) is 18.1. The van der Waals surface area contributed by atoms with E-state index in [-0.39, 0.29) is 11.7 Å². The minimum atomic E-state index is 0.0575. The van der Waals surface area contributed by atoms with Gasteiger partial charge in [-0.05, 0) is 66.4 Å². The number of para-hydroxylation sites is 1. The van der Waals surface area contributed by atoms with E-state index in [1.807, 2.05) is 56.0 Å². The van der Waals surface area contributed by atoms with Crippen molar-refractivity contribution in [3.05, 3.63) is 63.5 Å². The molecule has 0 unspecified atom stereocenters. The van der Waals surface area contributed by atoms with E-state index in [1.165, 1.54) is 17.3 Å². The molecule has 5 rings (SSSR count). The SMILES string of the molecule is Cc1nc(-c2ccc3c(c2)CCN3C(=O)CSc2nnnn2-c2c(C)cccc2C)cs1. The summed E-state index contributed by atoms with van der Waals surface area (Å²) in [6.07, 6.45) is 0.850. The van der Waals surface area contributed by atoms with Crippen LogP contribution in [0.15, 0.2) is 46.9 Å². The number of amides is 1. The highest BCUT2D eigenvalue weighted by molar-refractivity contribution is 7.99. The summed E-state index contributed by atoms with van der Waals surface area (Å²) < 4.78 is 1.72. The van der Waals surface area contributed by atoms with Crippen LogP contribution in [0.3, 0.4) is 0 Å². The van der Waals surface area contributed by atoms with Crippen LogP contribution < -0.4 is 4.90 Å². The van der Waals surface area contributed by atoms with E-state index in [9.17, 15) is 4.79 Å². The second-order valence-corrected chi connectivity index (χ2v) is 9.80. The first-order chi connectivity index (χ1) is 15.5. The van der Waals surface area contributed by atoms with Crippen molar-refractivity contribution >= 4 is 34.7 Å². The fourth-order valence-electron chi connectivity index (χ4n) is 4.07. The third kappa shape index (κ3) is 3.82. The van der Waals surface area contributed by atoms with Crippen LogP contribution >= 0.6 is 23.1 Å². The number of aryl methyl sites for hydroxylation is 3. The van der Waals surface area contributed by atoms with E-state index in [0.717, 1.165) is 45.2 Å². The number of benzene rings is 2. The molecule has 0 fully saturated rings. The van der Waals surface area contributed by atoms with Crippen LogP contribution in [-0.4, -0.2) is 43.4 Å². The van der Waals surface area contributed by atoms with Crippen LogP contribution in [0.1, 0.15) is 21.7 Å². The van der Waals surface area contributed by atoms with Gasteiger partial charge in [0, 0.05) is 23.2 Å². The lowest BCUT2D eigenvalue weighted by Gasteiger charge is -2.17. The molecule has 0 spiro atoms.